The Morgan fingerprint density at radius 2 is 1.82 bits per heavy atom. The summed E-state index contributed by atoms with van der Waals surface area (Å²) < 4.78 is 33.2. The molecule has 0 aromatic carbocycles. The lowest BCUT2D eigenvalue weighted by Gasteiger charge is -2.36. The highest BCUT2D eigenvalue weighted by molar-refractivity contribution is 7.86. The van der Waals surface area contributed by atoms with Crippen LogP contribution in [0.2, 0.25) is 0 Å². The number of hydrogen-bond donors (Lipinski definition) is 1. The van der Waals surface area contributed by atoms with Crippen molar-refractivity contribution in [2.24, 2.45) is 5.73 Å². The van der Waals surface area contributed by atoms with Crippen molar-refractivity contribution in [2.75, 3.05) is 39.3 Å². The Hall–Kier alpha value is -0.210. The van der Waals surface area contributed by atoms with Gasteiger partial charge in [-0.3, -0.25) is 0 Å². The van der Waals surface area contributed by atoms with Gasteiger partial charge >= 0.3 is 0 Å². The maximum atomic E-state index is 12.4. The number of piperidine rings is 1. The van der Waals surface area contributed by atoms with Crippen LogP contribution in [0, 0.1) is 0 Å². The predicted molar refractivity (Wildman–Crippen MR) is 64.7 cm³/mol. The van der Waals surface area contributed by atoms with E-state index in [9.17, 15) is 8.42 Å². The van der Waals surface area contributed by atoms with Gasteiger partial charge in [0.15, 0.2) is 0 Å². The number of ether oxygens (including phenoxy) is 1. The quantitative estimate of drug-likeness (QED) is 0.736. The zero-order chi connectivity index (χ0) is 12.3. The third kappa shape index (κ3) is 2.97. The maximum absolute atomic E-state index is 12.4. The lowest BCUT2D eigenvalue weighted by Crippen LogP contribution is -2.53. The van der Waals surface area contributed by atoms with Crippen LogP contribution in [0.15, 0.2) is 0 Å². The van der Waals surface area contributed by atoms with Gasteiger partial charge in [-0.2, -0.15) is 17.0 Å². The molecule has 7 heteroatoms. The minimum Gasteiger partial charge on any atom is -0.374 e. The second-order valence-electron chi connectivity index (χ2n) is 4.55. The van der Waals surface area contributed by atoms with Crippen LogP contribution in [-0.2, 0) is 14.9 Å². The lowest BCUT2D eigenvalue weighted by atomic mass is 10.2. The SMILES string of the molecule is NCC1CN(S(=O)(=O)N2CCCCC2)CCO1. The van der Waals surface area contributed by atoms with Gasteiger partial charge in [-0.1, -0.05) is 6.42 Å². The average molecular weight is 263 g/mol. The molecule has 2 N–H and O–H groups in total. The Morgan fingerprint density at radius 3 is 2.47 bits per heavy atom. The molecule has 6 nitrogen and oxygen atoms in total. The van der Waals surface area contributed by atoms with Gasteiger partial charge in [-0.25, -0.2) is 0 Å². The molecule has 0 radical (unpaired) electrons. The van der Waals surface area contributed by atoms with E-state index in [1.165, 1.54) is 4.31 Å². The third-order valence-corrected chi connectivity index (χ3v) is 5.33. The molecule has 0 aliphatic carbocycles. The molecule has 1 unspecified atom stereocenters. The summed E-state index contributed by atoms with van der Waals surface area (Å²) in [5, 5.41) is 0. The van der Waals surface area contributed by atoms with E-state index in [1.54, 1.807) is 4.31 Å². The summed E-state index contributed by atoms with van der Waals surface area (Å²) in [6.07, 6.45) is 2.89. The zero-order valence-corrected chi connectivity index (χ0v) is 10.9. The first kappa shape index (κ1) is 13.2. The van der Waals surface area contributed by atoms with Gasteiger partial charge in [-0.15, -0.1) is 0 Å². The molecule has 1 atom stereocenters. The van der Waals surface area contributed by atoms with Crippen molar-refractivity contribution in [2.45, 2.75) is 25.4 Å². The predicted octanol–water partition coefficient (Wildman–Crippen LogP) is -0.623. The third-order valence-electron chi connectivity index (χ3n) is 3.33. The number of rotatable bonds is 3. The molecule has 2 aliphatic rings. The normalized spacial score (nSPS) is 29.4. The highest BCUT2D eigenvalue weighted by Crippen LogP contribution is 2.18. The van der Waals surface area contributed by atoms with Crippen molar-refractivity contribution in [3.8, 4) is 0 Å². The van der Waals surface area contributed by atoms with Crippen molar-refractivity contribution in [3.63, 3.8) is 0 Å². The smallest absolute Gasteiger partial charge is 0.282 e. The summed E-state index contributed by atoms with van der Waals surface area (Å²) in [4.78, 5) is 0. The minimum atomic E-state index is -3.30. The van der Waals surface area contributed by atoms with Crippen molar-refractivity contribution in [1.82, 2.24) is 8.61 Å². The summed E-state index contributed by atoms with van der Waals surface area (Å²) in [6.45, 7) is 2.92. The van der Waals surface area contributed by atoms with Crippen molar-refractivity contribution >= 4 is 10.2 Å². The summed E-state index contributed by atoms with van der Waals surface area (Å²) >= 11 is 0. The van der Waals surface area contributed by atoms with Gasteiger partial charge in [0.25, 0.3) is 10.2 Å². The summed E-state index contributed by atoms with van der Waals surface area (Å²) in [5.74, 6) is 0. The molecule has 2 rings (SSSR count). The zero-order valence-electron chi connectivity index (χ0n) is 10.0. The van der Waals surface area contributed by atoms with E-state index in [0.717, 1.165) is 19.3 Å². The fourth-order valence-electron chi connectivity index (χ4n) is 2.30. The molecule has 2 saturated heterocycles. The molecule has 0 saturated carbocycles. The number of nitrogens with zero attached hydrogens (tertiary/aromatic N) is 2. The summed E-state index contributed by atoms with van der Waals surface area (Å²) in [7, 11) is -3.30. The number of hydrogen-bond acceptors (Lipinski definition) is 4. The second-order valence-corrected chi connectivity index (χ2v) is 6.48. The first-order valence-corrected chi connectivity index (χ1v) is 7.61. The fraction of sp³-hybridized carbons (Fsp3) is 1.00. The van der Waals surface area contributed by atoms with Crippen LogP contribution < -0.4 is 5.73 Å². The highest BCUT2D eigenvalue weighted by atomic mass is 32.2. The van der Waals surface area contributed by atoms with Crippen LogP contribution in [0.4, 0.5) is 0 Å². The minimum absolute atomic E-state index is 0.164. The Balaban J connectivity index is 2.03. The average Bonchev–Trinajstić information content (AvgIpc) is 2.40. The topological polar surface area (TPSA) is 75.9 Å². The summed E-state index contributed by atoms with van der Waals surface area (Å²) in [6, 6.07) is 0. The van der Waals surface area contributed by atoms with Gasteiger partial charge in [0.05, 0.1) is 12.7 Å². The van der Waals surface area contributed by atoms with Crippen LogP contribution in [0.3, 0.4) is 0 Å². The van der Waals surface area contributed by atoms with E-state index in [1.807, 2.05) is 0 Å². The van der Waals surface area contributed by atoms with Crippen LogP contribution >= 0.6 is 0 Å². The molecule has 0 aromatic heterocycles. The van der Waals surface area contributed by atoms with E-state index in [4.69, 9.17) is 10.5 Å². The molecule has 0 amide bonds. The Labute approximate surface area is 103 Å². The Bertz CT molecular complexity index is 341. The lowest BCUT2D eigenvalue weighted by molar-refractivity contribution is 0.00251. The number of morpholine rings is 1. The van der Waals surface area contributed by atoms with Gasteiger partial charge < -0.3 is 10.5 Å². The molecule has 2 fully saturated rings. The molecule has 0 spiro atoms. The van der Waals surface area contributed by atoms with Crippen molar-refractivity contribution in [1.29, 1.82) is 0 Å². The Kier molecular flexibility index (Phi) is 4.37. The van der Waals surface area contributed by atoms with Crippen LogP contribution in [0.1, 0.15) is 19.3 Å². The standard InChI is InChI=1S/C10H21N3O3S/c11-8-10-9-13(6-7-16-10)17(14,15)12-4-2-1-3-5-12/h10H,1-9,11H2. The fourth-order valence-corrected chi connectivity index (χ4v) is 4.01. The van der Waals surface area contributed by atoms with Crippen molar-refractivity contribution < 1.29 is 13.2 Å². The second kappa shape index (κ2) is 5.62. The maximum Gasteiger partial charge on any atom is 0.282 e. The molecule has 2 heterocycles. The van der Waals surface area contributed by atoms with Gasteiger partial charge in [0.2, 0.25) is 0 Å². The highest BCUT2D eigenvalue weighted by Gasteiger charge is 2.34. The van der Waals surface area contributed by atoms with E-state index < -0.39 is 10.2 Å². The Morgan fingerprint density at radius 1 is 1.12 bits per heavy atom. The van der Waals surface area contributed by atoms with E-state index in [-0.39, 0.29) is 6.10 Å². The van der Waals surface area contributed by atoms with Gasteiger partial charge in [-0.05, 0) is 12.8 Å². The van der Waals surface area contributed by atoms with Gasteiger partial charge in [0, 0.05) is 32.7 Å². The molecular weight excluding hydrogens is 242 g/mol. The summed E-state index contributed by atoms with van der Waals surface area (Å²) in [5.41, 5.74) is 5.53. The van der Waals surface area contributed by atoms with Crippen molar-refractivity contribution in [3.05, 3.63) is 0 Å². The largest absolute Gasteiger partial charge is 0.374 e. The van der Waals surface area contributed by atoms with Gasteiger partial charge in [0.1, 0.15) is 0 Å². The van der Waals surface area contributed by atoms with Crippen LogP contribution in [0.5, 0.6) is 0 Å². The number of nitrogens with two attached hydrogens (primary N) is 1. The molecule has 100 valence electrons. The van der Waals surface area contributed by atoms with E-state index >= 15 is 0 Å². The molecule has 2 aliphatic heterocycles. The monoisotopic (exact) mass is 263 g/mol. The molecule has 0 aromatic rings. The van der Waals surface area contributed by atoms with E-state index in [2.05, 4.69) is 0 Å². The van der Waals surface area contributed by atoms with Crippen LogP contribution in [0.25, 0.3) is 0 Å². The molecule has 17 heavy (non-hydrogen) atoms. The molecule has 0 bridgehead atoms. The van der Waals surface area contributed by atoms with Crippen LogP contribution in [-0.4, -0.2) is 62.5 Å². The molecular formula is C10H21N3O3S. The first-order valence-electron chi connectivity index (χ1n) is 6.21. The first-order chi connectivity index (χ1) is 8.14. The van der Waals surface area contributed by atoms with E-state index in [0.29, 0.717) is 39.3 Å².